The molecule has 1 N–H and O–H groups in total. The van der Waals surface area contributed by atoms with Crippen LogP contribution in [0.25, 0.3) is 0 Å². The number of nitrogens with zero attached hydrogens (tertiary/aromatic N) is 2. The van der Waals surface area contributed by atoms with Crippen LogP contribution in [0.1, 0.15) is 36.0 Å². The minimum atomic E-state index is -3.46. The molecule has 0 bridgehead atoms. The molecular formula is C21H25N3O3S. The monoisotopic (exact) mass is 399 g/mol. The minimum Gasteiger partial charge on any atom is -0.370 e. The van der Waals surface area contributed by atoms with Crippen LogP contribution in [0.3, 0.4) is 0 Å². The summed E-state index contributed by atoms with van der Waals surface area (Å²) in [6, 6.07) is 14.0. The van der Waals surface area contributed by atoms with Gasteiger partial charge in [-0.3, -0.25) is 4.79 Å². The van der Waals surface area contributed by atoms with Gasteiger partial charge in [0, 0.05) is 31.7 Å². The van der Waals surface area contributed by atoms with Crippen LogP contribution in [0.2, 0.25) is 0 Å². The first-order chi connectivity index (χ1) is 13.6. The van der Waals surface area contributed by atoms with Crippen molar-refractivity contribution in [1.29, 1.82) is 0 Å². The highest BCUT2D eigenvalue weighted by Gasteiger charge is 2.27. The maximum Gasteiger partial charge on any atom is 0.255 e. The van der Waals surface area contributed by atoms with Crippen LogP contribution in [0, 0.1) is 0 Å². The van der Waals surface area contributed by atoms with Gasteiger partial charge in [0.05, 0.1) is 16.3 Å². The van der Waals surface area contributed by atoms with Crippen molar-refractivity contribution >= 4 is 27.3 Å². The number of sulfonamides is 1. The third-order valence-corrected chi connectivity index (χ3v) is 7.33. The van der Waals surface area contributed by atoms with Gasteiger partial charge < -0.3 is 10.2 Å². The van der Waals surface area contributed by atoms with E-state index in [2.05, 4.69) is 10.2 Å². The van der Waals surface area contributed by atoms with Gasteiger partial charge in [-0.2, -0.15) is 4.31 Å². The molecule has 6 nitrogen and oxygen atoms in total. The van der Waals surface area contributed by atoms with E-state index in [0.29, 0.717) is 18.7 Å². The van der Waals surface area contributed by atoms with E-state index < -0.39 is 10.0 Å². The largest absolute Gasteiger partial charge is 0.370 e. The number of rotatable bonds is 5. The number of carbonyl (C=O) groups is 1. The Bertz CT molecular complexity index is 945. The van der Waals surface area contributed by atoms with Gasteiger partial charge in [0.15, 0.2) is 0 Å². The van der Waals surface area contributed by atoms with Crippen molar-refractivity contribution in [2.75, 3.05) is 36.4 Å². The molecule has 0 radical (unpaired) electrons. The molecule has 2 aliphatic rings. The zero-order chi connectivity index (χ0) is 19.6. The topological polar surface area (TPSA) is 69.7 Å². The summed E-state index contributed by atoms with van der Waals surface area (Å²) in [7, 11) is -3.46. The third kappa shape index (κ3) is 3.77. The van der Waals surface area contributed by atoms with E-state index in [0.717, 1.165) is 50.1 Å². The first-order valence-corrected chi connectivity index (χ1v) is 11.3. The van der Waals surface area contributed by atoms with Crippen LogP contribution < -0.4 is 10.2 Å². The molecule has 7 heteroatoms. The van der Waals surface area contributed by atoms with Gasteiger partial charge in [0.25, 0.3) is 5.91 Å². The number of amides is 1. The zero-order valence-corrected chi connectivity index (χ0v) is 16.6. The van der Waals surface area contributed by atoms with Crippen LogP contribution in [-0.2, 0) is 10.0 Å². The van der Waals surface area contributed by atoms with E-state index >= 15 is 0 Å². The number of para-hydroxylation sites is 2. The SMILES string of the molecule is O=C(Nc1ccccc1N1CCCC1)c1ccc(S(=O)(=O)N2CCCC2)cc1. The maximum atomic E-state index is 12.7. The van der Waals surface area contributed by atoms with E-state index in [1.165, 1.54) is 16.4 Å². The average molecular weight is 400 g/mol. The molecule has 0 atom stereocenters. The molecule has 0 aromatic heterocycles. The molecule has 148 valence electrons. The lowest BCUT2D eigenvalue weighted by Crippen LogP contribution is -2.27. The fraction of sp³-hybridized carbons (Fsp3) is 0.381. The molecule has 0 spiro atoms. The standard InChI is InChI=1S/C21H25N3O3S/c25-21(22-19-7-1-2-8-20(19)23-13-3-4-14-23)17-9-11-18(12-10-17)28(26,27)24-15-5-6-16-24/h1-2,7-12H,3-6,13-16H2,(H,22,25). The number of carbonyl (C=O) groups excluding carboxylic acids is 1. The van der Waals surface area contributed by atoms with Crippen LogP contribution in [0.4, 0.5) is 11.4 Å². The lowest BCUT2D eigenvalue weighted by Gasteiger charge is -2.21. The van der Waals surface area contributed by atoms with E-state index in [4.69, 9.17) is 0 Å². The molecule has 2 saturated heterocycles. The quantitative estimate of drug-likeness (QED) is 0.837. The Morgan fingerprint density at radius 2 is 1.43 bits per heavy atom. The summed E-state index contributed by atoms with van der Waals surface area (Å²) in [6.07, 6.45) is 4.12. The van der Waals surface area contributed by atoms with Gasteiger partial charge in [-0.25, -0.2) is 8.42 Å². The summed E-state index contributed by atoms with van der Waals surface area (Å²) in [5, 5.41) is 2.98. The summed E-state index contributed by atoms with van der Waals surface area (Å²) in [4.78, 5) is 15.2. The second-order valence-corrected chi connectivity index (χ2v) is 9.24. The Balaban J connectivity index is 1.50. The van der Waals surface area contributed by atoms with Gasteiger partial charge in [-0.15, -0.1) is 0 Å². The number of hydrogen-bond donors (Lipinski definition) is 1. The van der Waals surface area contributed by atoms with Crippen molar-refractivity contribution in [3.8, 4) is 0 Å². The van der Waals surface area contributed by atoms with Crippen LogP contribution >= 0.6 is 0 Å². The Hall–Kier alpha value is -2.38. The molecule has 2 aromatic rings. The Morgan fingerprint density at radius 3 is 2.11 bits per heavy atom. The number of benzene rings is 2. The van der Waals surface area contributed by atoms with Crippen molar-refractivity contribution in [2.45, 2.75) is 30.6 Å². The fourth-order valence-corrected chi connectivity index (χ4v) is 5.38. The second-order valence-electron chi connectivity index (χ2n) is 7.30. The molecule has 0 unspecified atom stereocenters. The summed E-state index contributed by atoms with van der Waals surface area (Å²) >= 11 is 0. The van der Waals surface area contributed by atoms with E-state index in [1.807, 2.05) is 24.3 Å². The molecule has 2 heterocycles. The molecule has 0 saturated carbocycles. The molecule has 2 fully saturated rings. The maximum absolute atomic E-state index is 12.7. The molecule has 2 aliphatic heterocycles. The van der Waals surface area contributed by atoms with Gasteiger partial charge in [-0.05, 0) is 62.1 Å². The lowest BCUT2D eigenvalue weighted by molar-refractivity contribution is 0.102. The molecule has 2 aromatic carbocycles. The Labute approximate surface area is 166 Å². The van der Waals surface area contributed by atoms with E-state index in [-0.39, 0.29) is 10.8 Å². The van der Waals surface area contributed by atoms with E-state index in [9.17, 15) is 13.2 Å². The van der Waals surface area contributed by atoms with Gasteiger partial charge in [0.1, 0.15) is 0 Å². The normalized spacial score (nSPS) is 17.8. The summed E-state index contributed by atoms with van der Waals surface area (Å²) in [5.74, 6) is -0.239. The highest BCUT2D eigenvalue weighted by atomic mass is 32.2. The number of anilines is 2. The number of nitrogens with one attached hydrogen (secondary N) is 1. The first-order valence-electron chi connectivity index (χ1n) is 9.81. The fourth-order valence-electron chi connectivity index (χ4n) is 3.86. The smallest absolute Gasteiger partial charge is 0.255 e. The van der Waals surface area contributed by atoms with E-state index in [1.54, 1.807) is 12.1 Å². The Kier molecular flexibility index (Phi) is 5.37. The third-order valence-electron chi connectivity index (χ3n) is 5.42. The van der Waals surface area contributed by atoms with Gasteiger partial charge >= 0.3 is 0 Å². The molecule has 4 rings (SSSR count). The van der Waals surface area contributed by atoms with Crippen molar-refractivity contribution < 1.29 is 13.2 Å². The number of hydrogen-bond acceptors (Lipinski definition) is 4. The van der Waals surface area contributed by atoms with Gasteiger partial charge in [-0.1, -0.05) is 12.1 Å². The minimum absolute atomic E-state index is 0.239. The summed E-state index contributed by atoms with van der Waals surface area (Å²) in [6.45, 7) is 3.13. The lowest BCUT2D eigenvalue weighted by atomic mass is 10.2. The van der Waals surface area contributed by atoms with Gasteiger partial charge in [0.2, 0.25) is 10.0 Å². The predicted molar refractivity (Wildman–Crippen MR) is 110 cm³/mol. The van der Waals surface area contributed by atoms with Crippen molar-refractivity contribution in [2.24, 2.45) is 0 Å². The van der Waals surface area contributed by atoms with Crippen LogP contribution in [-0.4, -0.2) is 44.8 Å². The van der Waals surface area contributed by atoms with Crippen LogP contribution in [0.5, 0.6) is 0 Å². The first kappa shape index (κ1) is 19.0. The highest BCUT2D eigenvalue weighted by Crippen LogP contribution is 2.29. The second kappa shape index (κ2) is 7.93. The molecular weight excluding hydrogens is 374 g/mol. The van der Waals surface area contributed by atoms with Crippen molar-refractivity contribution in [1.82, 2.24) is 4.31 Å². The summed E-state index contributed by atoms with van der Waals surface area (Å²) < 4.78 is 26.7. The molecule has 1 amide bonds. The average Bonchev–Trinajstić information content (AvgIpc) is 3.43. The molecule has 0 aliphatic carbocycles. The predicted octanol–water partition coefficient (Wildman–Crippen LogP) is 3.32. The van der Waals surface area contributed by atoms with Crippen molar-refractivity contribution in [3.63, 3.8) is 0 Å². The van der Waals surface area contributed by atoms with Crippen molar-refractivity contribution in [3.05, 3.63) is 54.1 Å². The molecule has 28 heavy (non-hydrogen) atoms. The zero-order valence-electron chi connectivity index (χ0n) is 15.8. The summed E-state index contributed by atoms with van der Waals surface area (Å²) in [5.41, 5.74) is 2.25. The van der Waals surface area contributed by atoms with Crippen LogP contribution in [0.15, 0.2) is 53.4 Å². The highest BCUT2D eigenvalue weighted by molar-refractivity contribution is 7.89. The Morgan fingerprint density at radius 1 is 0.821 bits per heavy atom.